The van der Waals surface area contributed by atoms with Crippen LogP contribution in [0.15, 0.2) is 42.5 Å². The molecule has 1 N–H and O–H groups in total. The lowest BCUT2D eigenvalue weighted by Gasteiger charge is -2.25. The lowest BCUT2D eigenvalue weighted by atomic mass is 10.0. The van der Waals surface area contributed by atoms with Crippen molar-refractivity contribution in [3.8, 4) is 0 Å². The van der Waals surface area contributed by atoms with E-state index in [-0.39, 0.29) is 12.6 Å². The summed E-state index contributed by atoms with van der Waals surface area (Å²) in [6.45, 7) is 2.14. The Balaban J connectivity index is 2.19. The smallest absolute Gasteiger partial charge is 0.411 e. The Morgan fingerprint density at radius 2 is 2.19 bits per heavy atom. The molecule has 0 aromatic heterocycles. The number of carbonyl (C=O) groups excluding carboxylic acids is 1. The minimum absolute atomic E-state index is 0.220. The summed E-state index contributed by atoms with van der Waals surface area (Å²) in [4.78, 5) is 24.6. The summed E-state index contributed by atoms with van der Waals surface area (Å²) in [5, 5.41) is 9.36. The third-order valence-electron chi connectivity index (χ3n) is 3.42. The zero-order valence-electron chi connectivity index (χ0n) is 11.9. The average Bonchev–Trinajstić information content (AvgIpc) is 2.82. The molecular weight excluding hydrogens is 270 g/mol. The van der Waals surface area contributed by atoms with Gasteiger partial charge in [0.15, 0.2) is 6.04 Å². The van der Waals surface area contributed by atoms with Crippen LogP contribution in [-0.2, 0) is 16.0 Å². The molecule has 0 bridgehead atoms. The maximum Gasteiger partial charge on any atom is 0.411 e. The van der Waals surface area contributed by atoms with Crippen molar-refractivity contribution in [1.82, 2.24) is 4.90 Å². The minimum atomic E-state index is -1.04. The molecule has 112 valence electrons. The van der Waals surface area contributed by atoms with Crippen molar-refractivity contribution < 1.29 is 19.4 Å². The number of hydrogen-bond acceptors (Lipinski definition) is 3. The highest BCUT2D eigenvalue weighted by molar-refractivity contribution is 5.83. The lowest BCUT2D eigenvalue weighted by molar-refractivity contribution is -0.140. The van der Waals surface area contributed by atoms with Gasteiger partial charge in [0.25, 0.3) is 0 Å². The van der Waals surface area contributed by atoms with E-state index in [4.69, 9.17) is 4.74 Å². The summed E-state index contributed by atoms with van der Waals surface area (Å²) >= 11 is 0. The summed E-state index contributed by atoms with van der Waals surface area (Å²) in [5.74, 6) is -1.04. The SMILES string of the molecule is CCC=CC(C(=O)O)N1C(=O)OC[C@H]1Cc1ccccc1. The van der Waals surface area contributed by atoms with Gasteiger partial charge in [-0.15, -0.1) is 0 Å². The molecule has 0 radical (unpaired) electrons. The third-order valence-corrected chi connectivity index (χ3v) is 3.42. The molecule has 2 atom stereocenters. The van der Waals surface area contributed by atoms with Gasteiger partial charge in [0.05, 0.1) is 6.04 Å². The van der Waals surface area contributed by atoms with Crippen molar-refractivity contribution in [2.45, 2.75) is 31.8 Å². The molecule has 1 saturated heterocycles. The monoisotopic (exact) mass is 289 g/mol. The van der Waals surface area contributed by atoms with Gasteiger partial charge in [0, 0.05) is 0 Å². The number of allylic oxidation sites excluding steroid dienone is 1. The second-order valence-electron chi connectivity index (χ2n) is 4.95. The normalized spacial score (nSPS) is 19.8. The second kappa shape index (κ2) is 6.92. The minimum Gasteiger partial charge on any atom is -0.479 e. The molecule has 2 rings (SSSR count). The van der Waals surface area contributed by atoms with Crippen molar-refractivity contribution in [2.24, 2.45) is 0 Å². The molecule has 5 nitrogen and oxygen atoms in total. The Kier molecular flexibility index (Phi) is 4.98. The molecule has 1 aliphatic heterocycles. The first kappa shape index (κ1) is 15.1. The number of cyclic esters (lactones) is 1. The fraction of sp³-hybridized carbons (Fsp3) is 0.375. The lowest BCUT2D eigenvalue weighted by Crippen LogP contribution is -2.46. The number of hydrogen-bond donors (Lipinski definition) is 1. The highest BCUT2D eigenvalue weighted by Gasteiger charge is 2.40. The molecule has 21 heavy (non-hydrogen) atoms. The van der Waals surface area contributed by atoms with Gasteiger partial charge in [-0.3, -0.25) is 4.90 Å². The molecule has 1 aromatic carbocycles. The number of benzene rings is 1. The van der Waals surface area contributed by atoms with Gasteiger partial charge >= 0.3 is 12.1 Å². The fourth-order valence-electron chi connectivity index (χ4n) is 2.41. The van der Waals surface area contributed by atoms with E-state index in [0.29, 0.717) is 6.42 Å². The predicted octanol–water partition coefficient (Wildman–Crippen LogP) is 2.47. The van der Waals surface area contributed by atoms with E-state index in [2.05, 4.69) is 0 Å². The van der Waals surface area contributed by atoms with E-state index < -0.39 is 18.1 Å². The summed E-state index contributed by atoms with van der Waals surface area (Å²) in [6, 6.07) is 8.43. The van der Waals surface area contributed by atoms with Crippen LogP contribution in [0.25, 0.3) is 0 Å². The van der Waals surface area contributed by atoms with Crippen LogP contribution in [0.1, 0.15) is 18.9 Å². The summed E-state index contributed by atoms with van der Waals surface area (Å²) in [6.07, 6.45) is 4.03. The van der Waals surface area contributed by atoms with Crippen LogP contribution in [0.2, 0.25) is 0 Å². The zero-order chi connectivity index (χ0) is 15.2. The molecule has 1 fully saturated rings. The number of amides is 1. The molecule has 0 saturated carbocycles. The summed E-state index contributed by atoms with van der Waals surface area (Å²) in [7, 11) is 0. The zero-order valence-corrected chi connectivity index (χ0v) is 11.9. The van der Waals surface area contributed by atoms with E-state index >= 15 is 0 Å². The van der Waals surface area contributed by atoms with E-state index in [1.54, 1.807) is 12.2 Å². The van der Waals surface area contributed by atoms with Gasteiger partial charge < -0.3 is 9.84 Å². The van der Waals surface area contributed by atoms with Crippen molar-refractivity contribution in [3.63, 3.8) is 0 Å². The van der Waals surface area contributed by atoms with Crippen LogP contribution in [0, 0.1) is 0 Å². The maximum atomic E-state index is 11.9. The van der Waals surface area contributed by atoms with Gasteiger partial charge in [-0.05, 0) is 18.4 Å². The van der Waals surface area contributed by atoms with Crippen molar-refractivity contribution in [2.75, 3.05) is 6.61 Å². The maximum absolute atomic E-state index is 11.9. The number of aliphatic carboxylic acids is 1. The molecule has 1 unspecified atom stereocenters. The van der Waals surface area contributed by atoms with E-state index in [1.165, 1.54) is 4.90 Å². The van der Waals surface area contributed by atoms with Crippen LogP contribution < -0.4 is 0 Å². The van der Waals surface area contributed by atoms with Crippen molar-refractivity contribution in [1.29, 1.82) is 0 Å². The van der Waals surface area contributed by atoms with Gasteiger partial charge in [-0.2, -0.15) is 0 Å². The number of carboxylic acids is 1. The van der Waals surface area contributed by atoms with E-state index in [9.17, 15) is 14.7 Å². The van der Waals surface area contributed by atoms with Gasteiger partial charge in [0.2, 0.25) is 0 Å². The van der Waals surface area contributed by atoms with Crippen LogP contribution in [-0.4, -0.2) is 40.8 Å². The Morgan fingerprint density at radius 3 is 2.81 bits per heavy atom. The number of ether oxygens (including phenoxy) is 1. The van der Waals surface area contributed by atoms with Crippen molar-refractivity contribution >= 4 is 12.1 Å². The number of nitrogens with zero attached hydrogens (tertiary/aromatic N) is 1. The number of rotatable bonds is 6. The molecule has 1 amide bonds. The van der Waals surface area contributed by atoms with E-state index in [0.717, 1.165) is 12.0 Å². The Labute approximate surface area is 123 Å². The van der Waals surface area contributed by atoms with E-state index in [1.807, 2.05) is 37.3 Å². The standard InChI is InChI=1S/C16H19NO4/c1-2-3-9-14(15(18)19)17-13(11-21-16(17)20)10-12-7-5-4-6-8-12/h3-9,13-14H,2,10-11H2,1H3,(H,18,19)/t13-,14?/m1/s1. The molecular formula is C16H19NO4. The topological polar surface area (TPSA) is 66.8 Å². The Morgan fingerprint density at radius 1 is 1.48 bits per heavy atom. The Bertz CT molecular complexity index is 526. The molecule has 0 spiro atoms. The first-order valence-electron chi connectivity index (χ1n) is 7.02. The molecule has 1 aromatic rings. The van der Waals surface area contributed by atoms with Crippen LogP contribution >= 0.6 is 0 Å². The Hall–Kier alpha value is -2.30. The highest BCUT2D eigenvalue weighted by atomic mass is 16.6. The fourth-order valence-corrected chi connectivity index (χ4v) is 2.41. The van der Waals surface area contributed by atoms with Crippen LogP contribution in [0.3, 0.4) is 0 Å². The second-order valence-corrected chi connectivity index (χ2v) is 4.95. The summed E-state index contributed by atoms with van der Waals surface area (Å²) < 4.78 is 5.05. The first-order valence-corrected chi connectivity index (χ1v) is 7.02. The van der Waals surface area contributed by atoms with Crippen molar-refractivity contribution in [3.05, 3.63) is 48.0 Å². The largest absolute Gasteiger partial charge is 0.479 e. The summed E-state index contributed by atoms with van der Waals surface area (Å²) in [5.41, 5.74) is 1.05. The molecule has 1 aliphatic rings. The third kappa shape index (κ3) is 3.62. The van der Waals surface area contributed by atoms with Gasteiger partial charge in [-0.1, -0.05) is 49.4 Å². The average molecular weight is 289 g/mol. The number of carbonyl (C=O) groups is 2. The van der Waals surface area contributed by atoms with Crippen LogP contribution in [0.4, 0.5) is 4.79 Å². The molecule has 5 heteroatoms. The highest BCUT2D eigenvalue weighted by Crippen LogP contribution is 2.21. The number of carboxylic acid groups (broad SMARTS) is 1. The molecule has 0 aliphatic carbocycles. The van der Waals surface area contributed by atoms with Gasteiger partial charge in [-0.25, -0.2) is 9.59 Å². The molecule has 1 heterocycles. The van der Waals surface area contributed by atoms with Crippen LogP contribution in [0.5, 0.6) is 0 Å². The van der Waals surface area contributed by atoms with Gasteiger partial charge in [0.1, 0.15) is 6.61 Å². The predicted molar refractivity (Wildman–Crippen MR) is 78.0 cm³/mol. The first-order chi connectivity index (χ1) is 10.1. The quantitative estimate of drug-likeness (QED) is 0.817.